The Hall–Kier alpha value is -1.26. The largest absolute Gasteiger partial charge is 0.310 e. The first-order valence-corrected chi connectivity index (χ1v) is 7.58. The molecule has 1 heterocycles. The predicted octanol–water partition coefficient (Wildman–Crippen LogP) is 3.20. The van der Waals surface area contributed by atoms with Crippen molar-refractivity contribution in [2.45, 2.75) is 29.9 Å². The molecule has 0 amide bonds. The highest BCUT2D eigenvalue weighted by atomic mass is 35.5. The van der Waals surface area contributed by atoms with Crippen LogP contribution in [0.1, 0.15) is 23.5 Å². The lowest BCUT2D eigenvalue weighted by Crippen LogP contribution is -2.16. The molecule has 3 nitrogen and oxygen atoms in total. The first kappa shape index (κ1) is 12.8. The summed E-state index contributed by atoms with van der Waals surface area (Å²) in [4.78, 5) is 20.4. The number of thioether (sulfide) groups is 1. The molecule has 98 valence electrons. The maximum Gasteiger partial charge on any atom is 0.254 e. The van der Waals surface area contributed by atoms with Crippen molar-refractivity contribution >= 4 is 23.4 Å². The van der Waals surface area contributed by atoms with Crippen LogP contribution in [0.2, 0.25) is 5.02 Å². The van der Waals surface area contributed by atoms with Gasteiger partial charge in [-0.15, -0.1) is 11.8 Å². The van der Waals surface area contributed by atoms with E-state index in [0.29, 0.717) is 5.75 Å². The summed E-state index contributed by atoms with van der Waals surface area (Å²) in [6.45, 7) is 0. The Bertz CT molecular complexity index is 651. The van der Waals surface area contributed by atoms with Gasteiger partial charge in [0.1, 0.15) is 5.82 Å². The second kappa shape index (κ2) is 5.39. The van der Waals surface area contributed by atoms with Gasteiger partial charge in [-0.2, -0.15) is 0 Å². The van der Waals surface area contributed by atoms with Gasteiger partial charge in [0.25, 0.3) is 5.56 Å². The molecule has 0 spiro atoms. The van der Waals surface area contributed by atoms with Crippen LogP contribution in [-0.4, -0.2) is 9.97 Å². The second-order valence-electron chi connectivity index (χ2n) is 4.53. The lowest BCUT2D eigenvalue weighted by molar-refractivity contribution is 0.893. The number of rotatable bonds is 3. The number of aromatic amines is 1. The second-order valence-corrected chi connectivity index (χ2v) is 6.02. The SMILES string of the molecule is O=c1[nH]c(CSc2ccc(Cl)cc2)nc2c1CCC2. The Kier molecular flexibility index (Phi) is 3.62. The van der Waals surface area contributed by atoms with E-state index in [1.54, 1.807) is 11.8 Å². The lowest BCUT2D eigenvalue weighted by atomic mass is 10.2. The van der Waals surface area contributed by atoms with Gasteiger partial charge < -0.3 is 4.98 Å². The normalized spacial score (nSPS) is 13.5. The van der Waals surface area contributed by atoms with E-state index < -0.39 is 0 Å². The molecule has 0 atom stereocenters. The van der Waals surface area contributed by atoms with Gasteiger partial charge in [-0.25, -0.2) is 4.98 Å². The molecule has 1 aliphatic carbocycles. The maximum atomic E-state index is 11.9. The first-order valence-electron chi connectivity index (χ1n) is 6.22. The highest BCUT2D eigenvalue weighted by molar-refractivity contribution is 7.98. The zero-order chi connectivity index (χ0) is 13.2. The zero-order valence-electron chi connectivity index (χ0n) is 10.3. The predicted molar refractivity (Wildman–Crippen MR) is 77.9 cm³/mol. The summed E-state index contributed by atoms with van der Waals surface area (Å²) >= 11 is 7.49. The van der Waals surface area contributed by atoms with E-state index in [9.17, 15) is 4.79 Å². The van der Waals surface area contributed by atoms with E-state index in [4.69, 9.17) is 11.6 Å². The highest BCUT2D eigenvalue weighted by Crippen LogP contribution is 2.23. The molecular formula is C14H13ClN2OS. The van der Waals surface area contributed by atoms with Gasteiger partial charge in [0, 0.05) is 15.5 Å². The van der Waals surface area contributed by atoms with Crippen LogP contribution in [0.3, 0.4) is 0 Å². The summed E-state index contributed by atoms with van der Waals surface area (Å²) in [5.41, 5.74) is 1.89. The van der Waals surface area contributed by atoms with Crippen LogP contribution >= 0.6 is 23.4 Å². The number of hydrogen-bond acceptors (Lipinski definition) is 3. The van der Waals surface area contributed by atoms with E-state index in [1.807, 2.05) is 24.3 Å². The Morgan fingerprint density at radius 3 is 2.84 bits per heavy atom. The molecular weight excluding hydrogens is 280 g/mol. The fraction of sp³-hybridized carbons (Fsp3) is 0.286. The van der Waals surface area contributed by atoms with Crippen LogP contribution in [0.5, 0.6) is 0 Å². The van der Waals surface area contributed by atoms with E-state index in [-0.39, 0.29) is 5.56 Å². The third-order valence-corrected chi connectivity index (χ3v) is 4.45. The van der Waals surface area contributed by atoms with Gasteiger partial charge >= 0.3 is 0 Å². The lowest BCUT2D eigenvalue weighted by Gasteiger charge is -2.04. The quantitative estimate of drug-likeness (QED) is 0.884. The van der Waals surface area contributed by atoms with Crippen LogP contribution in [0.4, 0.5) is 0 Å². The number of aryl methyl sites for hydroxylation is 1. The van der Waals surface area contributed by atoms with E-state index in [1.165, 1.54) is 0 Å². The van der Waals surface area contributed by atoms with E-state index >= 15 is 0 Å². The summed E-state index contributed by atoms with van der Waals surface area (Å²) in [5.74, 6) is 1.43. The molecule has 5 heteroatoms. The molecule has 1 aromatic heterocycles. The van der Waals surface area contributed by atoms with Crippen molar-refractivity contribution in [3.05, 3.63) is 56.7 Å². The van der Waals surface area contributed by atoms with Gasteiger partial charge in [0.15, 0.2) is 0 Å². The molecule has 1 aliphatic rings. The Morgan fingerprint density at radius 2 is 2.05 bits per heavy atom. The van der Waals surface area contributed by atoms with Crippen molar-refractivity contribution in [2.75, 3.05) is 0 Å². The third-order valence-electron chi connectivity index (χ3n) is 3.18. The van der Waals surface area contributed by atoms with Crippen molar-refractivity contribution in [1.29, 1.82) is 0 Å². The molecule has 0 saturated heterocycles. The van der Waals surface area contributed by atoms with Gasteiger partial charge in [-0.3, -0.25) is 4.79 Å². The number of nitrogens with zero attached hydrogens (tertiary/aromatic N) is 1. The fourth-order valence-electron chi connectivity index (χ4n) is 2.24. The van der Waals surface area contributed by atoms with Gasteiger partial charge in [-0.1, -0.05) is 11.6 Å². The molecule has 2 aromatic rings. The van der Waals surface area contributed by atoms with Crippen molar-refractivity contribution in [3.8, 4) is 0 Å². The summed E-state index contributed by atoms with van der Waals surface area (Å²) < 4.78 is 0. The smallest absolute Gasteiger partial charge is 0.254 e. The van der Waals surface area contributed by atoms with Crippen LogP contribution in [0, 0.1) is 0 Å². The van der Waals surface area contributed by atoms with Gasteiger partial charge in [0.2, 0.25) is 0 Å². The number of halogens is 1. The highest BCUT2D eigenvalue weighted by Gasteiger charge is 2.16. The number of aromatic nitrogens is 2. The molecule has 1 N–H and O–H groups in total. The van der Waals surface area contributed by atoms with Gasteiger partial charge in [0.05, 0.1) is 11.4 Å². The Balaban J connectivity index is 1.75. The number of H-pyrrole nitrogens is 1. The monoisotopic (exact) mass is 292 g/mol. The number of hydrogen-bond donors (Lipinski definition) is 1. The minimum Gasteiger partial charge on any atom is -0.310 e. The van der Waals surface area contributed by atoms with Crippen LogP contribution in [0.25, 0.3) is 0 Å². The average molecular weight is 293 g/mol. The number of nitrogens with one attached hydrogen (secondary N) is 1. The molecule has 19 heavy (non-hydrogen) atoms. The number of benzene rings is 1. The molecule has 0 saturated carbocycles. The minimum atomic E-state index is 0.0363. The Morgan fingerprint density at radius 1 is 1.26 bits per heavy atom. The molecule has 0 fully saturated rings. The van der Waals surface area contributed by atoms with Crippen molar-refractivity contribution in [2.24, 2.45) is 0 Å². The van der Waals surface area contributed by atoms with Gasteiger partial charge in [-0.05, 0) is 43.5 Å². The van der Waals surface area contributed by atoms with E-state index in [0.717, 1.165) is 46.3 Å². The van der Waals surface area contributed by atoms with Crippen LogP contribution in [0.15, 0.2) is 34.0 Å². The molecule has 0 bridgehead atoms. The molecule has 1 aromatic carbocycles. The summed E-state index contributed by atoms with van der Waals surface area (Å²) in [5, 5.41) is 0.730. The summed E-state index contributed by atoms with van der Waals surface area (Å²) in [6, 6.07) is 7.67. The topological polar surface area (TPSA) is 45.8 Å². The Labute approximate surface area is 120 Å². The van der Waals surface area contributed by atoms with Crippen LogP contribution in [-0.2, 0) is 18.6 Å². The molecule has 0 radical (unpaired) electrons. The summed E-state index contributed by atoms with van der Waals surface area (Å²) in [6.07, 6.45) is 2.83. The van der Waals surface area contributed by atoms with Crippen LogP contribution < -0.4 is 5.56 Å². The summed E-state index contributed by atoms with van der Waals surface area (Å²) in [7, 11) is 0. The zero-order valence-corrected chi connectivity index (χ0v) is 11.9. The van der Waals surface area contributed by atoms with Crippen molar-refractivity contribution < 1.29 is 0 Å². The molecule has 3 rings (SSSR count). The number of fused-ring (bicyclic) bond motifs is 1. The van der Waals surface area contributed by atoms with E-state index in [2.05, 4.69) is 9.97 Å². The molecule has 0 unspecified atom stereocenters. The molecule has 0 aliphatic heterocycles. The standard InChI is InChI=1S/C14H13ClN2OS/c15-9-4-6-10(7-5-9)19-8-13-16-12-3-1-2-11(12)14(18)17-13/h4-7H,1-3,8H2,(H,16,17,18). The van der Waals surface area contributed by atoms with Crippen molar-refractivity contribution in [1.82, 2.24) is 9.97 Å². The van der Waals surface area contributed by atoms with Crippen molar-refractivity contribution in [3.63, 3.8) is 0 Å². The maximum absolute atomic E-state index is 11.9. The fourth-order valence-corrected chi connectivity index (χ4v) is 3.14. The minimum absolute atomic E-state index is 0.0363. The average Bonchev–Trinajstić information content (AvgIpc) is 2.87. The first-order chi connectivity index (χ1) is 9.22. The third kappa shape index (κ3) is 2.85.